The van der Waals surface area contributed by atoms with Gasteiger partial charge in [-0.3, -0.25) is 0 Å². The van der Waals surface area contributed by atoms with Crippen LogP contribution in [0.15, 0.2) is 83.5 Å². The van der Waals surface area contributed by atoms with E-state index in [9.17, 15) is 9.59 Å². The van der Waals surface area contributed by atoms with E-state index in [1.54, 1.807) is 12.1 Å². The maximum Gasteiger partial charge on any atom is 0.562 e. The Labute approximate surface area is 191 Å². The van der Waals surface area contributed by atoms with E-state index in [0.717, 1.165) is 35.1 Å². The fourth-order valence-corrected chi connectivity index (χ4v) is 3.36. The molecule has 2 amide bonds. The second-order valence-corrected chi connectivity index (χ2v) is 7.50. The first-order valence-corrected chi connectivity index (χ1v) is 10.7. The minimum absolute atomic E-state index is 0.138. The molecule has 0 bridgehead atoms. The molecule has 8 heteroatoms. The van der Waals surface area contributed by atoms with Crippen molar-refractivity contribution < 1.29 is 33.2 Å². The van der Waals surface area contributed by atoms with Crippen LogP contribution in [0.1, 0.15) is 42.3 Å². The van der Waals surface area contributed by atoms with Crippen molar-refractivity contribution in [3.8, 4) is 0 Å². The number of nitrogens with one attached hydrogen (secondary N) is 1. The zero-order valence-corrected chi connectivity index (χ0v) is 18.2. The summed E-state index contributed by atoms with van der Waals surface area (Å²) in [5.74, 6) is -0.638. The number of hydrogen-bond donors (Lipinski definition) is 1. The third-order valence-corrected chi connectivity index (χ3v) is 5.30. The number of carbonyl (C=O) groups is 2. The fraction of sp³-hybridized carbons (Fsp3) is 0.240. The number of hydroxylamine groups is 2. The number of ether oxygens (including phenoxy) is 1. The van der Waals surface area contributed by atoms with Crippen LogP contribution in [0, 0.1) is 0 Å². The zero-order valence-electron chi connectivity index (χ0n) is 18.2. The number of carbonyl (C=O) groups excluding carboxylic acids is 2. The molecular formula is C25H25N2O6+. The van der Waals surface area contributed by atoms with Crippen molar-refractivity contribution in [1.82, 2.24) is 5.48 Å². The maximum atomic E-state index is 13.2. The standard InChI is InChI=1S/C25H24N2O6/c1-30-24(28)22(21-16-9-17-31-21)27(33-20-14-8-15-20)25(29)26-32-23(18-10-4-2-5-11-18)19-12-6-3-7-13-19/h2-7,9-13,16-17,20,23H,8,14-15H2,1H3/p+1. The van der Waals surface area contributed by atoms with E-state index in [1.165, 1.54) is 13.4 Å². The molecule has 1 saturated carbocycles. The lowest BCUT2D eigenvalue weighted by molar-refractivity contribution is -0.732. The zero-order chi connectivity index (χ0) is 23.0. The molecule has 1 heterocycles. The van der Waals surface area contributed by atoms with Gasteiger partial charge in [0.1, 0.15) is 6.10 Å². The highest BCUT2D eigenvalue weighted by Crippen LogP contribution is 2.25. The van der Waals surface area contributed by atoms with Crippen molar-refractivity contribution in [2.24, 2.45) is 0 Å². The van der Waals surface area contributed by atoms with E-state index >= 15 is 0 Å². The van der Waals surface area contributed by atoms with Crippen molar-refractivity contribution in [2.45, 2.75) is 31.5 Å². The van der Waals surface area contributed by atoms with E-state index in [1.807, 2.05) is 60.7 Å². The molecule has 1 fully saturated rings. The summed E-state index contributed by atoms with van der Waals surface area (Å²) in [6.07, 6.45) is 3.14. The highest BCUT2D eigenvalue weighted by molar-refractivity contribution is 6.40. The Hall–Kier alpha value is -3.91. The van der Waals surface area contributed by atoms with Crippen molar-refractivity contribution >= 4 is 17.7 Å². The van der Waals surface area contributed by atoms with Crippen LogP contribution < -0.4 is 5.48 Å². The summed E-state index contributed by atoms with van der Waals surface area (Å²) in [6, 6.07) is 21.4. The number of nitrogens with zero attached hydrogens (tertiary/aromatic N) is 1. The molecule has 2 aromatic carbocycles. The highest BCUT2D eigenvalue weighted by Gasteiger charge is 2.37. The molecule has 0 radical (unpaired) electrons. The molecule has 0 aliphatic heterocycles. The molecular weight excluding hydrogens is 424 g/mol. The average Bonchev–Trinajstić information content (AvgIpc) is 3.36. The molecule has 1 N–H and O–H groups in total. The Morgan fingerprint density at radius 3 is 2.09 bits per heavy atom. The Morgan fingerprint density at radius 2 is 1.61 bits per heavy atom. The first kappa shape index (κ1) is 22.3. The van der Waals surface area contributed by atoms with Gasteiger partial charge in [-0.2, -0.15) is 9.63 Å². The summed E-state index contributed by atoms with van der Waals surface area (Å²) >= 11 is 0. The van der Waals surface area contributed by atoms with Gasteiger partial charge in [0.05, 0.1) is 13.4 Å². The van der Waals surface area contributed by atoms with E-state index in [0.29, 0.717) is 0 Å². The van der Waals surface area contributed by atoms with Crippen LogP contribution in [-0.4, -0.2) is 35.7 Å². The highest BCUT2D eigenvalue weighted by atomic mass is 16.7. The number of benzene rings is 2. The molecule has 0 spiro atoms. The second kappa shape index (κ2) is 10.6. The van der Waals surface area contributed by atoms with Crippen LogP contribution in [0.2, 0.25) is 0 Å². The van der Waals surface area contributed by atoms with Gasteiger partial charge >= 0.3 is 17.7 Å². The summed E-state index contributed by atoms with van der Waals surface area (Å²) in [5, 5.41) is 0. The largest absolute Gasteiger partial charge is 0.562 e. The van der Waals surface area contributed by atoms with Crippen LogP contribution in [0.5, 0.6) is 0 Å². The summed E-state index contributed by atoms with van der Waals surface area (Å²) < 4.78 is 11.1. The van der Waals surface area contributed by atoms with Gasteiger partial charge in [-0.1, -0.05) is 66.1 Å². The van der Waals surface area contributed by atoms with Gasteiger partial charge < -0.3 is 14.0 Å². The molecule has 8 nitrogen and oxygen atoms in total. The number of hydrogen-bond acceptors (Lipinski definition) is 6. The van der Waals surface area contributed by atoms with Crippen molar-refractivity contribution in [3.05, 3.63) is 95.9 Å². The van der Waals surface area contributed by atoms with Crippen LogP contribution >= 0.6 is 0 Å². The van der Waals surface area contributed by atoms with Gasteiger partial charge in [-0.25, -0.2) is 4.79 Å². The van der Waals surface area contributed by atoms with E-state index in [-0.39, 0.29) is 17.6 Å². The SMILES string of the molecule is COC(=O)C(c1ccco1)=[N+](OC1CCC1)C(=O)NOC(c1ccccc1)c1ccccc1. The lowest BCUT2D eigenvalue weighted by Gasteiger charge is -2.24. The molecule has 1 aliphatic carbocycles. The summed E-state index contributed by atoms with van der Waals surface area (Å²) in [5.41, 5.74) is 3.96. The minimum atomic E-state index is -0.782. The van der Waals surface area contributed by atoms with Crippen molar-refractivity contribution in [1.29, 1.82) is 0 Å². The van der Waals surface area contributed by atoms with Gasteiger partial charge in [0.25, 0.3) is 0 Å². The van der Waals surface area contributed by atoms with Crippen molar-refractivity contribution in [2.75, 3.05) is 7.11 Å². The molecule has 3 aromatic rings. The number of amides is 2. The number of methoxy groups -OCH3 is 1. The van der Waals surface area contributed by atoms with Crippen molar-refractivity contribution in [3.63, 3.8) is 0 Å². The normalized spacial score (nSPS) is 14.2. The third-order valence-electron chi connectivity index (χ3n) is 5.30. The summed E-state index contributed by atoms with van der Waals surface area (Å²) in [7, 11) is 1.22. The van der Waals surface area contributed by atoms with E-state index < -0.39 is 18.1 Å². The second-order valence-electron chi connectivity index (χ2n) is 7.50. The summed E-state index contributed by atoms with van der Waals surface area (Å²) in [6.45, 7) is 0. The van der Waals surface area contributed by atoms with Gasteiger partial charge in [-0.05, 0) is 42.5 Å². The topological polar surface area (TPSA) is 90.0 Å². The van der Waals surface area contributed by atoms with Gasteiger partial charge in [0, 0.05) is 4.74 Å². The molecule has 0 unspecified atom stereocenters. The summed E-state index contributed by atoms with van der Waals surface area (Å²) in [4.78, 5) is 37.5. The number of rotatable bonds is 8. The van der Waals surface area contributed by atoms with Crippen LogP contribution in [0.3, 0.4) is 0 Å². The van der Waals surface area contributed by atoms with Crippen LogP contribution in [0.4, 0.5) is 4.79 Å². The molecule has 1 aromatic heterocycles. The first-order valence-electron chi connectivity index (χ1n) is 10.7. The quantitative estimate of drug-likeness (QED) is 0.240. The Morgan fingerprint density at radius 1 is 0.970 bits per heavy atom. The van der Waals surface area contributed by atoms with Gasteiger partial charge in [0.2, 0.25) is 0 Å². The van der Waals surface area contributed by atoms with Crippen LogP contribution in [-0.2, 0) is 19.2 Å². The predicted octanol–water partition coefficient (Wildman–Crippen LogP) is 4.17. The Bertz CT molecular complexity index is 1050. The molecule has 0 saturated heterocycles. The smallest absolute Gasteiger partial charge is 0.463 e. The minimum Gasteiger partial charge on any atom is -0.463 e. The lowest BCUT2D eigenvalue weighted by Crippen LogP contribution is -2.43. The van der Waals surface area contributed by atoms with E-state index in [2.05, 4.69) is 5.48 Å². The molecule has 4 rings (SSSR count). The Balaban J connectivity index is 1.64. The third kappa shape index (κ3) is 5.30. The average molecular weight is 449 g/mol. The van der Waals surface area contributed by atoms with Gasteiger partial charge in [0.15, 0.2) is 11.9 Å². The number of esters is 1. The maximum absolute atomic E-state index is 13.2. The Kier molecular flexibility index (Phi) is 7.16. The molecule has 0 atom stereocenters. The lowest BCUT2D eigenvalue weighted by atomic mass is 9.97. The van der Waals surface area contributed by atoms with Gasteiger partial charge in [-0.15, -0.1) is 0 Å². The van der Waals surface area contributed by atoms with Crippen LogP contribution in [0.25, 0.3) is 0 Å². The molecule has 1 aliphatic rings. The fourth-order valence-electron chi connectivity index (χ4n) is 3.36. The molecule has 33 heavy (non-hydrogen) atoms. The predicted molar refractivity (Wildman–Crippen MR) is 118 cm³/mol. The van der Waals surface area contributed by atoms with E-state index in [4.69, 9.17) is 18.8 Å². The first-order chi connectivity index (χ1) is 16.2. The molecule has 170 valence electrons. The monoisotopic (exact) mass is 449 g/mol. The number of urea groups is 1. The number of furan rings is 1.